The average Bonchev–Trinajstić information content (AvgIpc) is 2.52. The van der Waals surface area contributed by atoms with Crippen LogP contribution in [0.25, 0.3) is 0 Å². The van der Waals surface area contributed by atoms with E-state index in [9.17, 15) is 4.79 Å². The third-order valence-corrected chi connectivity index (χ3v) is 5.11. The molecule has 0 N–H and O–H groups in total. The molecule has 0 aromatic heterocycles. The highest BCUT2D eigenvalue weighted by Crippen LogP contribution is 2.40. The molecule has 138 valence electrons. The number of hydrogen-bond donors (Lipinski definition) is 0. The van der Waals surface area contributed by atoms with Gasteiger partial charge < -0.3 is 9.47 Å². The minimum atomic E-state index is -0.810. The van der Waals surface area contributed by atoms with E-state index >= 15 is 0 Å². The molecular weight excluding hydrogens is 318 g/mol. The summed E-state index contributed by atoms with van der Waals surface area (Å²) in [5.41, 5.74) is 0.283. The second-order valence-electron chi connectivity index (χ2n) is 8.24. The number of piperidine rings is 1. The molecule has 0 amide bonds. The van der Waals surface area contributed by atoms with Crippen molar-refractivity contribution < 1.29 is 19.1 Å². The number of rotatable bonds is 5. The van der Waals surface area contributed by atoms with Gasteiger partial charge in [-0.2, -0.15) is 5.06 Å². The van der Waals surface area contributed by atoms with Crippen LogP contribution in [-0.4, -0.2) is 40.6 Å². The lowest BCUT2D eigenvalue weighted by molar-refractivity contribution is -0.422. The van der Waals surface area contributed by atoms with Gasteiger partial charge in [-0.15, -0.1) is 0 Å². The number of benzene rings is 1. The fourth-order valence-corrected chi connectivity index (χ4v) is 3.89. The first kappa shape index (κ1) is 18.5. The molecule has 3 rings (SSSR count). The number of Topliss-reactive ketones (excluding diaryl/α,β-unsaturated/α-hetero) is 1. The third-order valence-electron chi connectivity index (χ3n) is 5.11. The number of carbonyl (C=O) groups excluding carboxylic acids is 1. The number of carbonyl (C=O) groups is 1. The van der Waals surface area contributed by atoms with Crippen LogP contribution >= 0.6 is 0 Å². The summed E-state index contributed by atoms with van der Waals surface area (Å²) in [7, 11) is 0. The molecule has 2 saturated heterocycles. The molecule has 1 aromatic carbocycles. The zero-order chi connectivity index (χ0) is 18.2. The van der Waals surface area contributed by atoms with Crippen molar-refractivity contribution in [3.8, 4) is 0 Å². The summed E-state index contributed by atoms with van der Waals surface area (Å²) >= 11 is 0. The lowest BCUT2D eigenvalue weighted by Crippen LogP contribution is -2.62. The Morgan fingerprint density at radius 2 is 1.68 bits per heavy atom. The van der Waals surface area contributed by atoms with Crippen molar-refractivity contribution in [3.05, 3.63) is 35.9 Å². The van der Waals surface area contributed by atoms with E-state index in [4.69, 9.17) is 14.3 Å². The lowest BCUT2D eigenvalue weighted by Gasteiger charge is -2.53. The molecule has 0 saturated carbocycles. The molecule has 2 aliphatic rings. The maximum Gasteiger partial charge on any atom is 0.199 e. The standard InChI is InChI=1S/C20H29NO4/c1-14-23-18(24-14)17(16(22)15-10-7-6-8-11-15)25-21-19(2,3)12-9-13-20(21,4)5/h6-8,10-11,14,17-18H,9,12-13H2,1-5H3. The Kier molecular flexibility index (Phi) is 5.04. The molecule has 1 atom stereocenters. The summed E-state index contributed by atoms with van der Waals surface area (Å²) in [6, 6.07) is 9.19. The van der Waals surface area contributed by atoms with Crippen molar-refractivity contribution >= 4 is 5.78 Å². The van der Waals surface area contributed by atoms with Gasteiger partial charge in [-0.3, -0.25) is 9.63 Å². The molecule has 25 heavy (non-hydrogen) atoms. The Balaban J connectivity index is 1.86. The van der Waals surface area contributed by atoms with Crippen LogP contribution < -0.4 is 0 Å². The van der Waals surface area contributed by atoms with Crippen LogP contribution in [0.5, 0.6) is 0 Å². The zero-order valence-corrected chi connectivity index (χ0v) is 15.8. The van der Waals surface area contributed by atoms with Crippen LogP contribution in [-0.2, 0) is 14.3 Å². The van der Waals surface area contributed by atoms with Gasteiger partial charge in [-0.1, -0.05) is 30.3 Å². The highest BCUT2D eigenvalue weighted by molar-refractivity contribution is 5.99. The molecule has 2 heterocycles. The Bertz CT molecular complexity index is 591. The maximum atomic E-state index is 13.1. The van der Waals surface area contributed by atoms with Crippen LogP contribution in [0.2, 0.25) is 0 Å². The van der Waals surface area contributed by atoms with Crippen molar-refractivity contribution in [1.29, 1.82) is 0 Å². The molecule has 0 aliphatic carbocycles. The number of ether oxygens (including phenoxy) is 2. The van der Waals surface area contributed by atoms with E-state index in [2.05, 4.69) is 27.7 Å². The van der Waals surface area contributed by atoms with E-state index in [1.165, 1.54) is 0 Å². The third kappa shape index (κ3) is 3.80. The van der Waals surface area contributed by atoms with Gasteiger partial charge in [0, 0.05) is 16.6 Å². The summed E-state index contributed by atoms with van der Waals surface area (Å²) in [6.07, 6.45) is 1.40. The first-order valence-corrected chi connectivity index (χ1v) is 9.08. The largest absolute Gasteiger partial charge is 0.321 e. The minimum absolute atomic E-state index is 0.116. The van der Waals surface area contributed by atoms with Gasteiger partial charge in [0.2, 0.25) is 0 Å². The highest BCUT2D eigenvalue weighted by Gasteiger charge is 2.48. The van der Waals surface area contributed by atoms with E-state index in [0.29, 0.717) is 5.56 Å². The number of nitrogens with zero attached hydrogens (tertiary/aromatic N) is 1. The van der Waals surface area contributed by atoms with Gasteiger partial charge in [0.25, 0.3) is 0 Å². The van der Waals surface area contributed by atoms with E-state index in [-0.39, 0.29) is 23.2 Å². The quantitative estimate of drug-likeness (QED) is 0.755. The molecule has 1 aromatic rings. The van der Waals surface area contributed by atoms with Crippen LogP contribution in [0, 0.1) is 0 Å². The van der Waals surface area contributed by atoms with Crippen molar-refractivity contribution in [2.45, 2.75) is 83.6 Å². The Labute approximate surface area is 150 Å². The number of hydrogen-bond acceptors (Lipinski definition) is 5. The molecule has 1 unspecified atom stereocenters. The van der Waals surface area contributed by atoms with Gasteiger partial charge >= 0.3 is 0 Å². The summed E-state index contributed by atoms with van der Waals surface area (Å²) in [4.78, 5) is 19.4. The van der Waals surface area contributed by atoms with Crippen LogP contribution in [0.3, 0.4) is 0 Å². The van der Waals surface area contributed by atoms with E-state index in [1.807, 2.05) is 30.2 Å². The molecule has 0 bridgehead atoms. The van der Waals surface area contributed by atoms with Crippen molar-refractivity contribution in [3.63, 3.8) is 0 Å². The predicted molar refractivity (Wildman–Crippen MR) is 94.9 cm³/mol. The van der Waals surface area contributed by atoms with Crippen molar-refractivity contribution in [2.24, 2.45) is 0 Å². The fraction of sp³-hybridized carbons (Fsp3) is 0.650. The molecular formula is C20H29NO4. The number of ketones is 1. The molecule has 0 radical (unpaired) electrons. The van der Waals surface area contributed by atoms with Crippen LogP contribution in [0.1, 0.15) is 64.2 Å². The normalized spacial score (nSPS) is 29.6. The van der Waals surface area contributed by atoms with Gasteiger partial charge in [-0.25, -0.2) is 0 Å². The van der Waals surface area contributed by atoms with Crippen molar-refractivity contribution in [1.82, 2.24) is 5.06 Å². The van der Waals surface area contributed by atoms with Gasteiger partial charge in [0.15, 0.2) is 24.5 Å². The number of hydroxylamine groups is 2. The van der Waals surface area contributed by atoms with E-state index < -0.39 is 12.4 Å². The second kappa shape index (κ2) is 6.80. The Hall–Kier alpha value is -1.27. The molecule has 5 nitrogen and oxygen atoms in total. The Morgan fingerprint density at radius 1 is 1.12 bits per heavy atom. The summed E-state index contributed by atoms with van der Waals surface area (Å²) in [5.74, 6) is -0.116. The average molecular weight is 347 g/mol. The molecule has 2 fully saturated rings. The minimum Gasteiger partial charge on any atom is -0.321 e. The molecule has 5 heteroatoms. The topological polar surface area (TPSA) is 48.0 Å². The van der Waals surface area contributed by atoms with Crippen molar-refractivity contribution in [2.75, 3.05) is 0 Å². The smallest absolute Gasteiger partial charge is 0.199 e. The lowest BCUT2D eigenvalue weighted by atomic mass is 9.82. The van der Waals surface area contributed by atoms with Gasteiger partial charge in [0.1, 0.15) is 0 Å². The predicted octanol–water partition coefficient (Wildman–Crippen LogP) is 3.93. The first-order valence-electron chi connectivity index (χ1n) is 9.08. The van der Waals surface area contributed by atoms with Gasteiger partial charge in [0.05, 0.1) is 0 Å². The second-order valence-corrected chi connectivity index (χ2v) is 8.24. The first-order chi connectivity index (χ1) is 11.7. The highest BCUT2D eigenvalue weighted by atomic mass is 16.9. The summed E-state index contributed by atoms with van der Waals surface area (Å²) in [5, 5.41) is 1.99. The molecule has 2 aliphatic heterocycles. The summed E-state index contributed by atoms with van der Waals surface area (Å²) < 4.78 is 11.3. The molecule has 0 spiro atoms. The van der Waals surface area contributed by atoms with Crippen LogP contribution in [0.15, 0.2) is 30.3 Å². The SMILES string of the molecule is CC1OC(C(ON2C(C)(C)CCCC2(C)C)C(=O)c2ccccc2)O1. The fourth-order valence-electron chi connectivity index (χ4n) is 3.89. The Morgan fingerprint density at radius 3 is 2.20 bits per heavy atom. The monoisotopic (exact) mass is 347 g/mol. The van der Waals surface area contributed by atoms with E-state index in [0.717, 1.165) is 19.3 Å². The van der Waals surface area contributed by atoms with Gasteiger partial charge in [-0.05, 0) is 53.9 Å². The zero-order valence-electron chi connectivity index (χ0n) is 15.8. The van der Waals surface area contributed by atoms with E-state index in [1.54, 1.807) is 12.1 Å². The summed E-state index contributed by atoms with van der Waals surface area (Å²) in [6.45, 7) is 10.4. The maximum absolute atomic E-state index is 13.1. The van der Waals surface area contributed by atoms with Crippen LogP contribution in [0.4, 0.5) is 0 Å².